The Bertz CT molecular complexity index is 511. The first-order chi connectivity index (χ1) is 8.80. The summed E-state index contributed by atoms with van der Waals surface area (Å²) in [6.45, 7) is 4.36. The van der Waals surface area contributed by atoms with Crippen LogP contribution in [0.25, 0.3) is 11.2 Å². The molecule has 18 heavy (non-hydrogen) atoms. The molecule has 2 aromatic heterocycles. The number of hydrogen-bond donors (Lipinski definition) is 2. The number of nitrogens with zero attached hydrogens (tertiary/aromatic N) is 4. The number of hydrogen-bond acceptors (Lipinski definition) is 6. The van der Waals surface area contributed by atoms with Gasteiger partial charge in [0.2, 0.25) is 5.95 Å². The van der Waals surface area contributed by atoms with E-state index < -0.39 is 0 Å². The molecule has 98 valence electrons. The van der Waals surface area contributed by atoms with Crippen LogP contribution in [-0.2, 0) is 4.74 Å². The van der Waals surface area contributed by atoms with Gasteiger partial charge in [0.15, 0.2) is 11.5 Å². The fourth-order valence-corrected chi connectivity index (χ4v) is 1.77. The van der Waals surface area contributed by atoms with Gasteiger partial charge in [-0.15, -0.1) is 0 Å². The minimum atomic E-state index is 0.570. The molecule has 0 amide bonds. The zero-order valence-electron chi connectivity index (χ0n) is 10.9. The van der Waals surface area contributed by atoms with Gasteiger partial charge in [-0.1, -0.05) is 0 Å². The summed E-state index contributed by atoms with van der Waals surface area (Å²) in [6, 6.07) is 0. The van der Waals surface area contributed by atoms with Crippen molar-refractivity contribution in [3.05, 3.63) is 6.33 Å². The Labute approximate surface area is 106 Å². The third-order valence-electron chi connectivity index (χ3n) is 2.74. The number of likely N-dealkylation sites (N-methyl/N-ethyl adjacent to an activating group) is 1. The maximum atomic E-state index is 5.12. The zero-order valence-corrected chi connectivity index (χ0v) is 10.9. The summed E-state index contributed by atoms with van der Waals surface area (Å²) in [5.74, 6) is 1.42. The molecule has 0 bridgehead atoms. The van der Waals surface area contributed by atoms with Crippen molar-refractivity contribution in [1.82, 2.24) is 19.9 Å². The molecule has 0 aliphatic rings. The lowest BCUT2D eigenvalue weighted by Crippen LogP contribution is -2.28. The fraction of sp³-hybridized carbons (Fsp3) is 0.545. The molecule has 0 spiro atoms. The second kappa shape index (κ2) is 5.63. The van der Waals surface area contributed by atoms with Crippen molar-refractivity contribution in [1.29, 1.82) is 0 Å². The van der Waals surface area contributed by atoms with Crippen LogP contribution in [0.3, 0.4) is 0 Å². The smallest absolute Gasteiger partial charge is 0.226 e. The van der Waals surface area contributed by atoms with Gasteiger partial charge in [0.25, 0.3) is 0 Å². The molecular weight excluding hydrogens is 232 g/mol. The third-order valence-corrected chi connectivity index (χ3v) is 2.74. The topological polar surface area (TPSA) is 79.0 Å². The van der Waals surface area contributed by atoms with Gasteiger partial charge in [-0.25, -0.2) is 4.98 Å². The number of methoxy groups -OCH3 is 1. The van der Waals surface area contributed by atoms with E-state index in [1.807, 2.05) is 0 Å². The van der Waals surface area contributed by atoms with Crippen LogP contribution in [0.15, 0.2) is 6.33 Å². The van der Waals surface area contributed by atoms with E-state index in [9.17, 15) is 0 Å². The molecule has 2 heterocycles. The summed E-state index contributed by atoms with van der Waals surface area (Å²) >= 11 is 0. The van der Waals surface area contributed by atoms with Crippen molar-refractivity contribution < 1.29 is 4.74 Å². The number of rotatable bonds is 6. The average Bonchev–Trinajstić information content (AvgIpc) is 2.87. The molecule has 0 saturated carbocycles. The summed E-state index contributed by atoms with van der Waals surface area (Å²) in [4.78, 5) is 18.2. The van der Waals surface area contributed by atoms with Crippen molar-refractivity contribution >= 4 is 22.9 Å². The Morgan fingerprint density at radius 3 is 2.94 bits per heavy atom. The molecule has 0 aromatic carbocycles. The molecular formula is C11H18N6O. The van der Waals surface area contributed by atoms with Gasteiger partial charge in [-0.05, 0) is 6.92 Å². The van der Waals surface area contributed by atoms with E-state index in [1.54, 1.807) is 20.5 Å². The maximum absolute atomic E-state index is 5.12. The normalized spacial score (nSPS) is 10.8. The first-order valence-corrected chi connectivity index (χ1v) is 5.93. The molecule has 2 aromatic rings. The lowest BCUT2D eigenvalue weighted by atomic mass is 10.4. The van der Waals surface area contributed by atoms with Crippen LogP contribution < -0.4 is 10.2 Å². The number of aromatic nitrogens is 4. The highest BCUT2D eigenvalue weighted by Crippen LogP contribution is 2.22. The van der Waals surface area contributed by atoms with Crippen LogP contribution in [0.2, 0.25) is 0 Å². The molecule has 0 saturated heterocycles. The minimum Gasteiger partial charge on any atom is -0.383 e. The highest BCUT2D eigenvalue weighted by Gasteiger charge is 2.14. The zero-order chi connectivity index (χ0) is 13.0. The largest absolute Gasteiger partial charge is 0.383 e. The van der Waals surface area contributed by atoms with Gasteiger partial charge in [-0.2, -0.15) is 9.97 Å². The van der Waals surface area contributed by atoms with Gasteiger partial charge < -0.3 is 19.9 Å². The summed E-state index contributed by atoms with van der Waals surface area (Å²) in [5, 5.41) is 2.95. The number of ether oxygens (including phenoxy) is 1. The SMILES string of the molecule is CCN(CCOC)c1nc(NC)nc2nc[nH]c12. The molecule has 0 aliphatic carbocycles. The van der Waals surface area contributed by atoms with Crippen LogP contribution in [0.5, 0.6) is 0 Å². The predicted molar refractivity (Wildman–Crippen MR) is 71.0 cm³/mol. The number of nitrogens with one attached hydrogen (secondary N) is 2. The van der Waals surface area contributed by atoms with Crippen molar-refractivity contribution in [2.24, 2.45) is 0 Å². The number of aromatic amines is 1. The maximum Gasteiger partial charge on any atom is 0.226 e. The number of imidazole rings is 1. The summed E-state index contributed by atoms with van der Waals surface area (Å²) < 4.78 is 5.12. The highest BCUT2D eigenvalue weighted by molar-refractivity contribution is 5.84. The van der Waals surface area contributed by atoms with Crippen LogP contribution in [0.4, 0.5) is 11.8 Å². The van der Waals surface area contributed by atoms with E-state index in [-0.39, 0.29) is 0 Å². The predicted octanol–water partition coefficient (Wildman–Crippen LogP) is 0.867. The van der Waals surface area contributed by atoms with E-state index in [0.29, 0.717) is 18.2 Å². The second-order valence-electron chi connectivity index (χ2n) is 3.79. The van der Waals surface area contributed by atoms with Crippen LogP contribution in [0, 0.1) is 0 Å². The fourth-order valence-electron chi connectivity index (χ4n) is 1.77. The molecule has 7 nitrogen and oxygen atoms in total. The molecule has 0 radical (unpaired) electrons. The van der Waals surface area contributed by atoms with Crippen LogP contribution >= 0.6 is 0 Å². The molecule has 2 rings (SSSR count). The lowest BCUT2D eigenvalue weighted by Gasteiger charge is -2.22. The Morgan fingerprint density at radius 1 is 1.44 bits per heavy atom. The first kappa shape index (κ1) is 12.6. The number of anilines is 2. The van der Waals surface area contributed by atoms with Crippen molar-refractivity contribution in [3.8, 4) is 0 Å². The standard InChI is InChI=1S/C11H18N6O/c1-4-17(5-6-18-3)10-8-9(14-7-13-8)15-11(12-2)16-10/h7H,4-6H2,1-3H3,(H2,12,13,14,15,16). The number of H-pyrrole nitrogens is 1. The monoisotopic (exact) mass is 250 g/mol. The Balaban J connectivity index is 2.42. The summed E-state index contributed by atoms with van der Waals surface area (Å²) in [7, 11) is 3.49. The quantitative estimate of drug-likeness (QED) is 0.792. The first-order valence-electron chi connectivity index (χ1n) is 5.93. The van der Waals surface area contributed by atoms with E-state index in [1.165, 1.54) is 0 Å². The summed E-state index contributed by atoms with van der Waals surface area (Å²) in [5.41, 5.74) is 1.52. The van der Waals surface area contributed by atoms with Crippen LogP contribution in [-0.4, -0.2) is 53.8 Å². The highest BCUT2D eigenvalue weighted by atomic mass is 16.5. The van der Waals surface area contributed by atoms with Gasteiger partial charge >= 0.3 is 0 Å². The Hall–Kier alpha value is -1.89. The van der Waals surface area contributed by atoms with Gasteiger partial charge in [0.1, 0.15) is 5.52 Å². The minimum absolute atomic E-state index is 0.570. The van der Waals surface area contributed by atoms with E-state index in [0.717, 1.165) is 24.4 Å². The molecule has 0 unspecified atom stereocenters. The van der Waals surface area contributed by atoms with E-state index in [4.69, 9.17) is 4.74 Å². The van der Waals surface area contributed by atoms with Gasteiger partial charge in [-0.3, -0.25) is 0 Å². The summed E-state index contributed by atoms with van der Waals surface area (Å²) in [6.07, 6.45) is 1.63. The van der Waals surface area contributed by atoms with E-state index in [2.05, 4.69) is 37.1 Å². The van der Waals surface area contributed by atoms with E-state index >= 15 is 0 Å². The Kier molecular flexibility index (Phi) is 3.93. The van der Waals surface area contributed by atoms with Crippen molar-refractivity contribution in [2.45, 2.75) is 6.92 Å². The van der Waals surface area contributed by atoms with Gasteiger partial charge in [0.05, 0.1) is 12.9 Å². The van der Waals surface area contributed by atoms with Crippen molar-refractivity contribution in [3.63, 3.8) is 0 Å². The molecule has 2 N–H and O–H groups in total. The average molecular weight is 250 g/mol. The lowest BCUT2D eigenvalue weighted by molar-refractivity contribution is 0.205. The Morgan fingerprint density at radius 2 is 2.28 bits per heavy atom. The van der Waals surface area contributed by atoms with Crippen molar-refractivity contribution in [2.75, 3.05) is 44.1 Å². The molecule has 0 atom stereocenters. The van der Waals surface area contributed by atoms with Gasteiger partial charge in [0, 0.05) is 27.2 Å². The molecule has 0 fully saturated rings. The molecule has 0 aliphatic heterocycles. The number of fused-ring (bicyclic) bond motifs is 1. The molecule has 7 heteroatoms. The third kappa shape index (κ3) is 2.35. The second-order valence-corrected chi connectivity index (χ2v) is 3.79. The van der Waals surface area contributed by atoms with Crippen LogP contribution in [0.1, 0.15) is 6.92 Å².